The molecule has 1 atom stereocenters. The van der Waals surface area contributed by atoms with Crippen LogP contribution in [0.3, 0.4) is 0 Å². The van der Waals surface area contributed by atoms with Crippen LogP contribution >= 0.6 is 11.6 Å². The minimum atomic E-state index is -3.87. The first kappa shape index (κ1) is 23.9. The van der Waals surface area contributed by atoms with Crippen LogP contribution in [0.15, 0.2) is 53.4 Å². The quantitative estimate of drug-likeness (QED) is 0.632. The Balaban J connectivity index is 1.54. The lowest BCUT2D eigenvalue weighted by Crippen LogP contribution is -2.48. The second-order valence-electron chi connectivity index (χ2n) is 8.80. The third-order valence-corrected chi connectivity index (χ3v) is 8.73. The summed E-state index contributed by atoms with van der Waals surface area (Å²) >= 11 is 5.97. The molecule has 0 saturated carbocycles. The fourth-order valence-corrected chi connectivity index (χ4v) is 6.40. The second kappa shape index (κ2) is 9.91. The second-order valence-corrected chi connectivity index (χ2v) is 11.0. The maximum absolute atomic E-state index is 13.7. The summed E-state index contributed by atoms with van der Waals surface area (Å²) in [6.07, 6.45) is 2.67. The lowest BCUT2D eigenvalue weighted by molar-refractivity contribution is 0.0762. The van der Waals surface area contributed by atoms with Crippen molar-refractivity contribution in [3.63, 3.8) is 0 Å². The minimum absolute atomic E-state index is 0.00303. The Labute approximate surface area is 200 Å². The van der Waals surface area contributed by atoms with Crippen LogP contribution in [-0.2, 0) is 21.2 Å². The molecule has 9 heteroatoms. The van der Waals surface area contributed by atoms with Crippen LogP contribution in [0.1, 0.15) is 24.8 Å². The van der Waals surface area contributed by atoms with Crippen LogP contribution in [0.25, 0.3) is 0 Å². The van der Waals surface area contributed by atoms with Gasteiger partial charge in [-0.25, -0.2) is 13.2 Å². The van der Waals surface area contributed by atoms with E-state index < -0.39 is 22.2 Å². The van der Waals surface area contributed by atoms with Crippen molar-refractivity contribution in [2.75, 3.05) is 38.1 Å². The van der Waals surface area contributed by atoms with Crippen LogP contribution in [0.2, 0.25) is 5.02 Å². The van der Waals surface area contributed by atoms with Crippen molar-refractivity contribution in [1.82, 2.24) is 9.80 Å². The number of piperidine rings is 1. The van der Waals surface area contributed by atoms with Crippen LogP contribution in [-0.4, -0.2) is 70.2 Å². The first-order valence-electron chi connectivity index (χ1n) is 11.2. The molecule has 7 nitrogen and oxygen atoms in total. The van der Waals surface area contributed by atoms with E-state index >= 15 is 0 Å². The molecule has 2 heterocycles. The number of rotatable bonds is 5. The van der Waals surface area contributed by atoms with E-state index in [9.17, 15) is 13.2 Å². The SMILES string of the molecule is CN1CCC(N(C)C(=O)OCC2CCc3ccccc3N2S(=O)(=O)c2ccc(Cl)cc2)CC1. The van der Waals surface area contributed by atoms with E-state index in [-0.39, 0.29) is 17.5 Å². The van der Waals surface area contributed by atoms with Gasteiger partial charge in [0.05, 0.1) is 16.6 Å². The molecule has 0 N–H and O–H groups in total. The summed E-state index contributed by atoms with van der Waals surface area (Å²) < 4.78 is 34.4. The van der Waals surface area contributed by atoms with Gasteiger partial charge in [-0.3, -0.25) is 4.31 Å². The van der Waals surface area contributed by atoms with E-state index in [2.05, 4.69) is 11.9 Å². The van der Waals surface area contributed by atoms with Gasteiger partial charge in [-0.05, 0) is 81.7 Å². The molecule has 2 aliphatic heterocycles. The Kier molecular flexibility index (Phi) is 7.16. The number of sulfonamides is 1. The van der Waals surface area contributed by atoms with Crippen molar-refractivity contribution < 1.29 is 17.9 Å². The number of halogens is 1. The number of ether oxygens (including phenoxy) is 1. The minimum Gasteiger partial charge on any atom is -0.447 e. The largest absolute Gasteiger partial charge is 0.447 e. The predicted molar refractivity (Wildman–Crippen MR) is 129 cm³/mol. The van der Waals surface area contributed by atoms with E-state index in [4.69, 9.17) is 16.3 Å². The molecule has 0 spiro atoms. The highest BCUT2D eigenvalue weighted by Crippen LogP contribution is 2.35. The molecule has 4 rings (SSSR count). The number of amides is 1. The smallest absolute Gasteiger partial charge is 0.409 e. The van der Waals surface area contributed by atoms with E-state index in [1.54, 1.807) is 30.1 Å². The zero-order valence-electron chi connectivity index (χ0n) is 19.0. The highest BCUT2D eigenvalue weighted by molar-refractivity contribution is 7.92. The molecule has 2 aromatic carbocycles. The maximum Gasteiger partial charge on any atom is 0.409 e. The van der Waals surface area contributed by atoms with Crippen LogP contribution in [0, 0.1) is 0 Å². The number of fused-ring (bicyclic) bond motifs is 1. The van der Waals surface area contributed by atoms with E-state index in [1.807, 2.05) is 18.2 Å². The molecule has 33 heavy (non-hydrogen) atoms. The fourth-order valence-electron chi connectivity index (χ4n) is 4.57. The third kappa shape index (κ3) is 5.13. The van der Waals surface area contributed by atoms with Gasteiger partial charge in [-0.1, -0.05) is 29.8 Å². The number of hydrogen-bond acceptors (Lipinski definition) is 5. The number of aryl methyl sites for hydroxylation is 1. The van der Waals surface area contributed by atoms with Crippen LogP contribution in [0.5, 0.6) is 0 Å². The molecule has 0 bridgehead atoms. The number of nitrogens with zero attached hydrogens (tertiary/aromatic N) is 3. The molecule has 0 radical (unpaired) electrons. The highest BCUT2D eigenvalue weighted by atomic mass is 35.5. The molecule has 1 fully saturated rings. The van der Waals surface area contributed by atoms with Gasteiger partial charge in [0.2, 0.25) is 0 Å². The fraction of sp³-hybridized carbons (Fsp3) is 0.458. The summed E-state index contributed by atoms with van der Waals surface area (Å²) in [6.45, 7) is 1.88. The molecule has 0 aromatic heterocycles. The van der Waals surface area contributed by atoms with Crippen molar-refractivity contribution in [2.45, 2.75) is 42.7 Å². The molecular formula is C24H30ClN3O4S. The van der Waals surface area contributed by atoms with Crippen molar-refractivity contribution in [3.05, 3.63) is 59.1 Å². The van der Waals surface area contributed by atoms with Crippen molar-refractivity contribution in [2.24, 2.45) is 0 Å². The molecular weight excluding hydrogens is 462 g/mol. The van der Waals surface area contributed by atoms with Crippen molar-refractivity contribution in [1.29, 1.82) is 0 Å². The van der Waals surface area contributed by atoms with Crippen LogP contribution in [0.4, 0.5) is 10.5 Å². The normalized spacial score (nSPS) is 19.7. The Morgan fingerprint density at radius 2 is 1.76 bits per heavy atom. The number of likely N-dealkylation sites (tertiary alicyclic amines) is 1. The molecule has 0 aliphatic carbocycles. The number of hydrogen-bond donors (Lipinski definition) is 0. The van der Waals surface area contributed by atoms with Crippen molar-refractivity contribution in [3.8, 4) is 0 Å². The summed E-state index contributed by atoms with van der Waals surface area (Å²) in [6, 6.07) is 13.3. The van der Waals surface area contributed by atoms with E-state index in [0.29, 0.717) is 17.1 Å². The number of carbonyl (C=O) groups excluding carboxylic acids is 1. The summed E-state index contributed by atoms with van der Waals surface area (Å²) in [5.74, 6) is 0. The zero-order valence-corrected chi connectivity index (χ0v) is 20.6. The lowest BCUT2D eigenvalue weighted by Gasteiger charge is -2.38. The first-order valence-corrected chi connectivity index (χ1v) is 13.0. The monoisotopic (exact) mass is 491 g/mol. The average Bonchev–Trinajstić information content (AvgIpc) is 2.82. The van der Waals surface area contributed by atoms with Gasteiger partial charge in [0.25, 0.3) is 10.0 Å². The summed E-state index contributed by atoms with van der Waals surface area (Å²) in [7, 11) is -0.0367. The molecule has 1 amide bonds. The summed E-state index contributed by atoms with van der Waals surface area (Å²) in [4.78, 5) is 16.8. The van der Waals surface area contributed by atoms with Gasteiger partial charge >= 0.3 is 6.09 Å². The topological polar surface area (TPSA) is 70.2 Å². The predicted octanol–water partition coefficient (Wildman–Crippen LogP) is 4.01. The molecule has 2 aromatic rings. The lowest BCUT2D eigenvalue weighted by atomic mass is 9.98. The zero-order chi connectivity index (χ0) is 23.6. The third-order valence-electron chi connectivity index (χ3n) is 6.60. The Bertz CT molecular complexity index is 1090. The first-order chi connectivity index (χ1) is 15.8. The standard InChI is InChI=1S/C24H30ClN3O4S/c1-26-15-13-20(14-16-26)27(2)24(29)32-17-21-10-7-18-5-3-4-6-23(18)28(21)33(30,31)22-11-8-19(25)9-12-22/h3-6,8-9,11-12,20-21H,7,10,13-17H2,1-2H3. The summed E-state index contributed by atoms with van der Waals surface area (Å²) in [5, 5.41) is 0.468. The Morgan fingerprint density at radius 3 is 2.45 bits per heavy atom. The van der Waals surface area contributed by atoms with Crippen LogP contribution < -0.4 is 4.31 Å². The van der Waals surface area contributed by atoms with E-state index in [0.717, 1.165) is 37.9 Å². The maximum atomic E-state index is 13.7. The van der Waals surface area contributed by atoms with Gasteiger partial charge < -0.3 is 14.5 Å². The highest BCUT2D eigenvalue weighted by Gasteiger charge is 2.37. The number of para-hydroxylation sites is 1. The van der Waals surface area contributed by atoms with E-state index in [1.165, 1.54) is 16.4 Å². The Morgan fingerprint density at radius 1 is 1.09 bits per heavy atom. The van der Waals surface area contributed by atoms with Gasteiger partial charge in [0.1, 0.15) is 6.61 Å². The molecule has 1 unspecified atom stereocenters. The average molecular weight is 492 g/mol. The van der Waals surface area contributed by atoms with Gasteiger partial charge in [-0.15, -0.1) is 0 Å². The molecule has 1 saturated heterocycles. The van der Waals surface area contributed by atoms with Crippen molar-refractivity contribution >= 4 is 33.4 Å². The summed E-state index contributed by atoms with van der Waals surface area (Å²) in [5.41, 5.74) is 1.59. The Hall–Kier alpha value is -2.29. The van der Waals surface area contributed by atoms with Gasteiger partial charge in [-0.2, -0.15) is 0 Å². The van der Waals surface area contributed by atoms with Gasteiger partial charge in [0, 0.05) is 18.1 Å². The molecule has 2 aliphatic rings. The number of anilines is 1. The number of benzene rings is 2. The molecule has 178 valence electrons. The van der Waals surface area contributed by atoms with Gasteiger partial charge in [0.15, 0.2) is 0 Å². The number of carbonyl (C=O) groups is 1.